The first-order valence-electron chi connectivity index (χ1n) is 7.09. The molecule has 1 fully saturated rings. The maximum Gasteiger partial charge on any atom is 0.312 e. The van der Waals surface area contributed by atoms with E-state index in [0.717, 1.165) is 10.0 Å². The maximum atomic E-state index is 12.5. The summed E-state index contributed by atoms with van der Waals surface area (Å²) in [5, 5.41) is 0.773. The first-order valence-corrected chi connectivity index (χ1v) is 9.14. The van der Waals surface area contributed by atoms with Crippen LogP contribution in [0, 0.1) is 5.92 Å². The minimum atomic E-state index is -0.192. The monoisotopic (exact) mass is 348 g/mol. The number of rotatable bonds is 5. The number of carbonyl (C=O) groups excluding carboxylic acids is 2. The molecule has 7 heteroatoms. The van der Waals surface area contributed by atoms with Gasteiger partial charge in [-0.15, -0.1) is 11.8 Å². The van der Waals surface area contributed by atoms with E-state index in [9.17, 15) is 9.59 Å². The van der Waals surface area contributed by atoms with Crippen LogP contribution in [-0.4, -0.2) is 43.2 Å². The smallest absolute Gasteiger partial charge is 0.312 e. The largest absolute Gasteiger partial charge is 0.469 e. The standard InChI is InChI=1S/C16H16N2O3S2/c1-21-15(20)11-8-18(9-11)16-17-7-13(23-16)14(19)10-4-3-5-12(6-10)22-2/h3-7,11H,8-9H2,1-2H3. The Bertz CT molecular complexity index is 738. The van der Waals surface area contributed by atoms with Crippen molar-refractivity contribution in [2.45, 2.75) is 4.90 Å². The average Bonchev–Trinajstić information content (AvgIpc) is 3.02. The minimum Gasteiger partial charge on any atom is -0.469 e. The van der Waals surface area contributed by atoms with Crippen molar-refractivity contribution < 1.29 is 14.3 Å². The van der Waals surface area contributed by atoms with Crippen molar-refractivity contribution in [2.24, 2.45) is 5.92 Å². The average molecular weight is 348 g/mol. The molecule has 0 unspecified atom stereocenters. The summed E-state index contributed by atoms with van der Waals surface area (Å²) >= 11 is 2.97. The van der Waals surface area contributed by atoms with E-state index < -0.39 is 0 Å². The predicted octanol–water partition coefficient (Wildman–Crippen LogP) is 2.71. The van der Waals surface area contributed by atoms with Crippen LogP contribution in [0.4, 0.5) is 5.13 Å². The van der Waals surface area contributed by atoms with Crippen LogP contribution in [0.2, 0.25) is 0 Å². The molecule has 1 aliphatic heterocycles. The third-order valence-corrected chi connectivity index (χ3v) is 5.52. The lowest BCUT2D eigenvalue weighted by Crippen LogP contribution is -2.50. The molecule has 0 aliphatic carbocycles. The normalized spacial score (nSPS) is 14.4. The lowest BCUT2D eigenvalue weighted by molar-refractivity contribution is -0.146. The number of anilines is 1. The number of carbonyl (C=O) groups is 2. The number of thiazole rings is 1. The third kappa shape index (κ3) is 3.25. The van der Waals surface area contributed by atoms with Crippen LogP contribution in [0.3, 0.4) is 0 Å². The van der Waals surface area contributed by atoms with Gasteiger partial charge >= 0.3 is 5.97 Å². The number of hydrogen-bond acceptors (Lipinski definition) is 7. The molecule has 0 radical (unpaired) electrons. The molecule has 1 aromatic heterocycles. The summed E-state index contributed by atoms with van der Waals surface area (Å²) in [5.74, 6) is -0.306. The number of ether oxygens (including phenoxy) is 1. The van der Waals surface area contributed by atoms with E-state index in [-0.39, 0.29) is 17.7 Å². The van der Waals surface area contributed by atoms with Gasteiger partial charge in [-0.25, -0.2) is 4.98 Å². The Morgan fingerprint density at radius 3 is 2.87 bits per heavy atom. The Kier molecular flexibility index (Phi) is 4.68. The Morgan fingerprint density at radius 1 is 1.39 bits per heavy atom. The van der Waals surface area contributed by atoms with Crippen molar-refractivity contribution in [1.29, 1.82) is 0 Å². The zero-order valence-corrected chi connectivity index (χ0v) is 14.4. The Labute approximate surface area is 142 Å². The van der Waals surface area contributed by atoms with Crippen molar-refractivity contribution in [1.82, 2.24) is 4.98 Å². The molecule has 0 saturated carbocycles. The zero-order chi connectivity index (χ0) is 16.4. The third-order valence-electron chi connectivity index (χ3n) is 3.74. The molecular formula is C16H16N2O3S2. The molecule has 23 heavy (non-hydrogen) atoms. The summed E-state index contributed by atoms with van der Waals surface area (Å²) in [6.45, 7) is 1.19. The predicted molar refractivity (Wildman–Crippen MR) is 91.5 cm³/mol. The Balaban J connectivity index is 1.70. The number of esters is 1. The highest BCUT2D eigenvalue weighted by Crippen LogP contribution is 2.30. The molecule has 1 aromatic carbocycles. The van der Waals surface area contributed by atoms with E-state index in [2.05, 4.69) is 4.98 Å². The van der Waals surface area contributed by atoms with Crippen LogP contribution in [0.15, 0.2) is 35.4 Å². The zero-order valence-electron chi connectivity index (χ0n) is 12.8. The number of methoxy groups -OCH3 is 1. The number of thioether (sulfide) groups is 1. The summed E-state index contributed by atoms with van der Waals surface area (Å²) in [4.78, 5) is 31.9. The molecule has 0 bridgehead atoms. The second kappa shape index (κ2) is 6.72. The van der Waals surface area contributed by atoms with Crippen molar-refractivity contribution >= 4 is 40.0 Å². The van der Waals surface area contributed by atoms with Gasteiger partial charge < -0.3 is 9.64 Å². The van der Waals surface area contributed by atoms with Crippen molar-refractivity contribution in [2.75, 3.05) is 31.4 Å². The molecule has 0 amide bonds. The molecule has 2 aromatic rings. The van der Waals surface area contributed by atoms with Crippen LogP contribution in [0.5, 0.6) is 0 Å². The van der Waals surface area contributed by atoms with E-state index in [0.29, 0.717) is 23.5 Å². The van der Waals surface area contributed by atoms with E-state index in [4.69, 9.17) is 4.74 Å². The van der Waals surface area contributed by atoms with Crippen LogP contribution in [0.25, 0.3) is 0 Å². The first-order chi connectivity index (χ1) is 11.1. The summed E-state index contributed by atoms with van der Waals surface area (Å²) in [6, 6.07) is 7.58. The second-order valence-electron chi connectivity index (χ2n) is 5.19. The molecule has 3 rings (SSSR count). The highest BCUT2D eigenvalue weighted by molar-refractivity contribution is 7.98. The summed E-state index contributed by atoms with van der Waals surface area (Å²) in [6.07, 6.45) is 3.59. The SMILES string of the molecule is COC(=O)C1CN(c2ncc(C(=O)c3cccc(SC)c3)s2)C1. The molecule has 120 valence electrons. The maximum absolute atomic E-state index is 12.5. The fourth-order valence-corrected chi connectivity index (χ4v) is 3.73. The van der Waals surface area contributed by atoms with Crippen LogP contribution >= 0.6 is 23.1 Å². The van der Waals surface area contributed by atoms with E-state index >= 15 is 0 Å². The minimum absolute atomic E-state index is 0.0188. The lowest BCUT2D eigenvalue weighted by atomic mass is 10.0. The number of aromatic nitrogens is 1. The molecule has 0 spiro atoms. The van der Waals surface area contributed by atoms with Crippen molar-refractivity contribution in [3.8, 4) is 0 Å². The van der Waals surface area contributed by atoms with Gasteiger partial charge in [0.1, 0.15) is 0 Å². The number of nitrogens with zero attached hydrogens (tertiary/aromatic N) is 2. The number of ketones is 1. The topological polar surface area (TPSA) is 59.5 Å². The molecule has 2 heterocycles. The molecule has 0 N–H and O–H groups in total. The lowest BCUT2D eigenvalue weighted by Gasteiger charge is -2.36. The van der Waals surface area contributed by atoms with Gasteiger partial charge in [0, 0.05) is 23.5 Å². The summed E-state index contributed by atoms with van der Waals surface area (Å²) in [7, 11) is 1.40. The van der Waals surface area contributed by atoms with Gasteiger partial charge in [0.05, 0.1) is 24.1 Å². The first kappa shape index (κ1) is 16.0. The van der Waals surface area contributed by atoms with E-state index in [1.54, 1.807) is 18.0 Å². The molecule has 0 atom stereocenters. The molecule has 1 saturated heterocycles. The van der Waals surface area contributed by atoms with E-state index in [1.165, 1.54) is 18.4 Å². The van der Waals surface area contributed by atoms with Gasteiger partial charge in [0.2, 0.25) is 5.78 Å². The van der Waals surface area contributed by atoms with Crippen molar-refractivity contribution in [3.05, 3.63) is 40.9 Å². The van der Waals surface area contributed by atoms with Gasteiger partial charge in [-0.3, -0.25) is 9.59 Å². The van der Waals surface area contributed by atoms with Gasteiger partial charge in [-0.2, -0.15) is 0 Å². The van der Waals surface area contributed by atoms with Gasteiger partial charge in [0.25, 0.3) is 0 Å². The van der Waals surface area contributed by atoms with Crippen molar-refractivity contribution in [3.63, 3.8) is 0 Å². The van der Waals surface area contributed by atoms with Gasteiger partial charge in [0.15, 0.2) is 5.13 Å². The van der Waals surface area contributed by atoms with E-state index in [1.807, 2.05) is 35.4 Å². The summed E-state index contributed by atoms with van der Waals surface area (Å²) in [5.41, 5.74) is 0.670. The molecular weight excluding hydrogens is 332 g/mol. The second-order valence-corrected chi connectivity index (χ2v) is 7.08. The van der Waals surface area contributed by atoms with Crippen LogP contribution < -0.4 is 4.90 Å². The number of benzene rings is 1. The van der Waals surface area contributed by atoms with Crippen LogP contribution in [-0.2, 0) is 9.53 Å². The fraction of sp³-hybridized carbons (Fsp3) is 0.312. The molecule has 5 nitrogen and oxygen atoms in total. The fourth-order valence-electron chi connectivity index (χ4n) is 2.37. The highest BCUT2D eigenvalue weighted by atomic mass is 32.2. The Hall–Kier alpha value is -1.86. The molecule has 1 aliphatic rings. The van der Waals surface area contributed by atoms with Gasteiger partial charge in [-0.05, 0) is 18.4 Å². The summed E-state index contributed by atoms with van der Waals surface area (Å²) < 4.78 is 4.72. The quantitative estimate of drug-likeness (QED) is 0.470. The van der Waals surface area contributed by atoms with Crippen LogP contribution in [0.1, 0.15) is 15.2 Å². The number of hydrogen-bond donors (Lipinski definition) is 0. The van der Waals surface area contributed by atoms with Gasteiger partial charge in [-0.1, -0.05) is 23.5 Å². The Morgan fingerprint density at radius 2 is 2.17 bits per heavy atom. The highest BCUT2D eigenvalue weighted by Gasteiger charge is 2.35.